The van der Waals surface area contributed by atoms with E-state index in [9.17, 15) is 0 Å². The number of hydrogen-bond donors (Lipinski definition) is 1. The SMILES string of the molecule is CCCCCOC1C(OCCC2CCCCC2)c2cc(NCc3ccc(C)cc3)ccc2OC1(C)C. The van der Waals surface area contributed by atoms with Gasteiger partial charge in [0.1, 0.15) is 23.6 Å². The van der Waals surface area contributed by atoms with Gasteiger partial charge in [-0.05, 0) is 63.3 Å². The maximum atomic E-state index is 6.72. The normalized spacial score (nSPS) is 21.6. The van der Waals surface area contributed by atoms with Crippen molar-refractivity contribution in [2.75, 3.05) is 18.5 Å². The molecule has 2 aromatic carbocycles. The Kier molecular flexibility index (Phi) is 9.73. The molecule has 0 spiro atoms. The van der Waals surface area contributed by atoms with Gasteiger partial charge < -0.3 is 19.5 Å². The van der Waals surface area contributed by atoms with Crippen LogP contribution in [0.2, 0.25) is 0 Å². The van der Waals surface area contributed by atoms with Gasteiger partial charge in [0.05, 0.1) is 0 Å². The van der Waals surface area contributed by atoms with Crippen LogP contribution in [-0.4, -0.2) is 24.9 Å². The molecule has 4 nitrogen and oxygen atoms in total. The average molecular weight is 494 g/mol. The molecule has 1 aliphatic heterocycles. The molecule has 1 heterocycles. The lowest BCUT2D eigenvalue weighted by Crippen LogP contribution is -2.51. The first-order chi connectivity index (χ1) is 17.5. The number of anilines is 1. The van der Waals surface area contributed by atoms with Crippen LogP contribution < -0.4 is 10.1 Å². The Morgan fingerprint density at radius 3 is 2.47 bits per heavy atom. The summed E-state index contributed by atoms with van der Waals surface area (Å²) in [6.45, 7) is 10.9. The van der Waals surface area contributed by atoms with E-state index in [1.165, 1.54) is 56.1 Å². The number of nitrogens with one attached hydrogen (secondary N) is 1. The van der Waals surface area contributed by atoms with Gasteiger partial charge in [-0.3, -0.25) is 0 Å². The van der Waals surface area contributed by atoms with Gasteiger partial charge >= 0.3 is 0 Å². The van der Waals surface area contributed by atoms with Crippen molar-refractivity contribution in [3.63, 3.8) is 0 Å². The van der Waals surface area contributed by atoms with Crippen LogP contribution in [0.5, 0.6) is 5.75 Å². The van der Waals surface area contributed by atoms with E-state index in [0.717, 1.165) is 55.5 Å². The van der Waals surface area contributed by atoms with Gasteiger partial charge in [-0.25, -0.2) is 0 Å². The van der Waals surface area contributed by atoms with Crippen molar-refractivity contribution >= 4 is 5.69 Å². The lowest BCUT2D eigenvalue weighted by atomic mass is 9.86. The van der Waals surface area contributed by atoms with Crippen molar-refractivity contribution in [2.24, 2.45) is 5.92 Å². The van der Waals surface area contributed by atoms with Gasteiger partial charge in [-0.2, -0.15) is 0 Å². The zero-order valence-corrected chi connectivity index (χ0v) is 23.0. The maximum absolute atomic E-state index is 6.72. The van der Waals surface area contributed by atoms with Crippen LogP contribution in [0.1, 0.15) is 101 Å². The molecule has 4 rings (SSSR count). The number of rotatable bonds is 12. The Morgan fingerprint density at radius 2 is 1.72 bits per heavy atom. The zero-order chi connectivity index (χ0) is 25.4. The predicted octanol–water partition coefficient (Wildman–Crippen LogP) is 8.38. The van der Waals surface area contributed by atoms with Crippen molar-refractivity contribution in [1.82, 2.24) is 0 Å². The van der Waals surface area contributed by atoms with E-state index < -0.39 is 5.60 Å². The molecular weight excluding hydrogens is 446 g/mol. The van der Waals surface area contributed by atoms with E-state index in [2.05, 4.69) is 75.5 Å². The van der Waals surface area contributed by atoms with E-state index in [-0.39, 0.29) is 12.2 Å². The van der Waals surface area contributed by atoms with Crippen molar-refractivity contribution in [3.05, 3.63) is 59.2 Å². The van der Waals surface area contributed by atoms with Gasteiger partial charge in [0, 0.05) is 31.0 Å². The molecule has 0 aromatic heterocycles. The Bertz CT molecular complexity index is 933. The number of fused-ring (bicyclic) bond motifs is 1. The van der Waals surface area contributed by atoms with Gasteiger partial charge in [0.15, 0.2) is 0 Å². The summed E-state index contributed by atoms with van der Waals surface area (Å²) < 4.78 is 19.8. The molecule has 2 aliphatic rings. The van der Waals surface area contributed by atoms with Crippen LogP contribution in [0.4, 0.5) is 5.69 Å². The molecule has 2 atom stereocenters. The molecule has 0 saturated heterocycles. The molecule has 2 aromatic rings. The van der Waals surface area contributed by atoms with Gasteiger partial charge in [0.2, 0.25) is 0 Å². The molecule has 0 amide bonds. The van der Waals surface area contributed by atoms with Crippen LogP contribution in [0, 0.1) is 12.8 Å². The first kappa shape index (κ1) is 27.0. The van der Waals surface area contributed by atoms with E-state index in [0.29, 0.717) is 0 Å². The molecular formula is C32H47NO3. The topological polar surface area (TPSA) is 39.7 Å². The number of ether oxygens (including phenoxy) is 3. The Hall–Kier alpha value is -2.04. The highest BCUT2D eigenvalue weighted by Crippen LogP contribution is 2.44. The largest absolute Gasteiger partial charge is 0.485 e. The second-order valence-corrected chi connectivity index (χ2v) is 11.4. The van der Waals surface area contributed by atoms with E-state index in [1.807, 2.05) is 0 Å². The molecule has 1 N–H and O–H groups in total. The fraction of sp³-hybridized carbons (Fsp3) is 0.625. The minimum Gasteiger partial charge on any atom is -0.485 e. The third-order valence-electron chi connectivity index (χ3n) is 7.86. The van der Waals surface area contributed by atoms with Gasteiger partial charge in [0.25, 0.3) is 0 Å². The fourth-order valence-electron chi connectivity index (χ4n) is 5.62. The third-order valence-corrected chi connectivity index (χ3v) is 7.86. The lowest BCUT2D eigenvalue weighted by Gasteiger charge is -2.44. The first-order valence-electron chi connectivity index (χ1n) is 14.3. The number of unbranched alkanes of at least 4 members (excludes halogenated alkanes) is 2. The van der Waals surface area contributed by atoms with Crippen LogP contribution in [0.3, 0.4) is 0 Å². The van der Waals surface area contributed by atoms with E-state index >= 15 is 0 Å². The summed E-state index contributed by atoms with van der Waals surface area (Å²) in [7, 11) is 0. The van der Waals surface area contributed by atoms with Crippen LogP contribution >= 0.6 is 0 Å². The van der Waals surface area contributed by atoms with Crippen molar-refractivity contribution in [1.29, 1.82) is 0 Å². The predicted molar refractivity (Wildman–Crippen MR) is 149 cm³/mol. The Labute approximate surface area is 219 Å². The van der Waals surface area contributed by atoms with Crippen molar-refractivity contribution < 1.29 is 14.2 Å². The summed E-state index contributed by atoms with van der Waals surface area (Å²) in [5.41, 5.74) is 4.29. The smallest absolute Gasteiger partial charge is 0.132 e. The zero-order valence-electron chi connectivity index (χ0n) is 23.0. The number of benzene rings is 2. The molecule has 0 bridgehead atoms. The highest BCUT2D eigenvalue weighted by molar-refractivity contribution is 5.54. The van der Waals surface area contributed by atoms with Gasteiger partial charge in [-0.1, -0.05) is 81.7 Å². The quantitative estimate of drug-likeness (QED) is 0.301. The summed E-state index contributed by atoms with van der Waals surface area (Å²) in [6, 6.07) is 15.1. The van der Waals surface area contributed by atoms with Crippen molar-refractivity contribution in [2.45, 2.75) is 110 Å². The van der Waals surface area contributed by atoms with Crippen LogP contribution in [0.15, 0.2) is 42.5 Å². The van der Waals surface area contributed by atoms with Crippen molar-refractivity contribution in [3.8, 4) is 5.75 Å². The summed E-state index contributed by atoms with van der Waals surface area (Å²) in [4.78, 5) is 0. The maximum Gasteiger partial charge on any atom is 0.132 e. The summed E-state index contributed by atoms with van der Waals surface area (Å²) in [5.74, 6) is 1.72. The summed E-state index contributed by atoms with van der Waals surface area (Å²) in [6.07, 6.45) is 11.2. The van der Waals surface area contributed by atoms with Crippen LogP contribution in [0.25, 0.3) is 0 Å². The molecule has 36 heavy (non-hydrogen) atoms. The number of aryl methyl sites for hydroxylation is 1. The molecule has 1 fully saturated rings. The second-order valence-electron chi connectivity index (χ2n) is 11.4. The third kappa shape index (κ3) is 7.26. The van der Waals surface area contributed by atoms with Gasteiger partial charge in [-0.15, -0.1) is 0 Å². The minimum absolute atomic E-state index is 0.130. The minimum atomic E-state index is -0.453. The molecule has 1 saturated carbocycles. The van der Waals surface area contributed by atoms with E-state index in [4.69, 9.17) is 14.2 Å². The molecule has 2 unspecified atom stereocenters. The van der Waals surface area contributed by atoms with E-state index in [1.54, 1.807) is 0 Å². The summed E-state index contributed by atoms with van der Waals surface area (Å²) >= 11 is 0. The standard InChI is InChI=1S/C32H47NO3/c1-5-6-10-20-35-31-30(34-21-19-25-11-8-7-9-12-25)28-22-27(17-18-29(28)36-32(31,3)4)33-23-26-15-13-24(2)14-16-26/h13-18,22,25,30-31,33H,5-12,19-21,23H2,1-4H3. The highest BCUT2D eigenvalue weighted by atomic mass is 16.6. The fourth-order valence-corrected chi connectivity index (χ4v) is 5.62. The average Bonchev–Trinajstić information content (AvgIpc) is 2.87. The lowest BCUT2D eigenvalue weighted by molar-refractivity contribution is -0.163. The Balaban J connectivity index is 1.50. The molecule has 4 heteroatoms. The molecule has 198 valence electrons. The first-order valence-corrected chi connectivity index (χ1v) is 14.3. The monoisotopic (exact) mass is 493 g/mol. The van der Waals surface area contributed by atoms with Crippen LogP contribution in [-0.2, 0) is 16.0 Å². The molecule has 0 radical (unpaired) electrons. The number of hydrogen-bond acceptors (Lipinski definition) is 4. The second kappa shape index (κ2) is 13.0. The highest BCUT2D eigenvalue weighted by Gasteiger charge is 2.45. The summed E-state index contributed by atoms with van der Waals surface area (Å²) in [5, 5.41) is 3.60. The molecule has 1 aliphatic carbocycles. The Morgan fingerprint density at radius 1 is 0.944 bits per heavy atom.